The molecule has 9 heteroatoms. The molecule has 0 radical (unpaired) electrons. The molecule has 3 aromatic rings. The second kappa shape index (κ2) is 12.3. The first-order valence-electron chi connectivity index (χ1n) is 12.0. The SMILES string of the molecule is CCOc1ccc(NC(=O)COc2ccc(N3C[C@H](C(=O)NCc4ccc(Cl)cc4)CC3=O)cc2)cc1. The molecule has 1 atom stereocenters. The second-order valence-electron chi connectivity index (χ2n) is 8.54. The maximum Gasteiger partial charge on any atom is 0.262 e. The normalized spacial score (nSPS) is 14.8. The average Bonchev–Trinajstić information content (AvgIpc) is 3.30. The van der Waals surface area contributed by atoms with Crippen molar-refractivity contribution >= 4 is 40.7 Å². The number of hydrogen-bond acceptors (Lipinski definition) is 5. The van der Waals surface area contributed by atoms with Gasteiger partial charge in [-0.05, 0) is 73.2 Å². The summed E-state index contributed by atoms with van der Waals surface area (Å²) in [6, 6.07) is 21.2. The Bertz CT molecular complexity index is 1230. The number of benzene rings is 3. The zero-order valence-corrected chi connectivity index (χ0v) is 21.2. The molecule has 3 amide bonds. The van der Waals surface area contributed by atoms with Crippen molar-refractivity contribution in [2.45, 2.75) is 19.9 Å². The maximum absolute atomic E-state index is 12.6. The lowest BCUT2D eigenvalue weighted by Crippen LogP contribution is -2.32. The molecule has 2 N–H and O–H groups in total. The lowest BCUT2D eigenvalue weighted by Gasteiger charge is -2.17. The molecular weight excluding hydrogens is 494 g/mol. The largest absolute Gasteiger partial charge is 0.494 e. The van der Waals surface area contributed by atoms with Gasteiger partial charge in [0.2, 0.25) is 11.8 Å². The van der Waals surface area contributed by atoms with Gasteiger partial charge in [0.05, 0.1) is 12.5 Å². The number of nitrogens with zero attached hydrogens (tertiary/aromatic N) is 1. The Balaban J connectivity index is 1.24. The molecule has 0 bridgehead atoms. The quantitative estimate of drug-likeness (QED) is 0.411. The molecule has 37 heavy (non-hydrogen) atoms. The van der Waals surface area contributed by atoms with Gasteiger partial charge in [-0.25, -0.2) is 0 Å². The fraction of sp³-hybridized carbons (Fsp3) is 0.250. The highest BCUT2D eigenvalue weighted by atomic mass is 35.5. The molecule has 0 spiro atoms. The molecule has 8 nitrogen and oxygen atoms in total. The monoisotopic (exact) mass is 521 g/mol. The summed E-state index contributed by atoms with van der Waals surface area (Å²) in [5.74, 6) is 0.226. The van der Waals surface area contributed by atoms with Crippen LogP contribution in [0.5, 0.6) is 11.5 Å². The van der Waals surface area contributed by atoms with E-state index in [-0.39, 0.29) is 30.7 Å². The number of amides is 3. The fourth-order valence-corrected chi connectivity index (χ4v) is 4.06. The van der Waals surface area contributed by atoms with Gasteiger partial charge in [-0.15, -0.1) is 0 Å². The Morgan fingerprint density at radius 2 is 1.59 bits per heavy atom. The molecule has 3 aromatic carbocycles. The van der Waals surface area contributed by atoms with Crippen molar-refractivity contribution in [2.24, 2.45) is 5.92 Å². The van der Waals surface area contributed by atoms with Crippen molar-refractivity contribution in [1.29, 1.82) is 0 Å². The van der Waals surface area contributed by atoms with E-state index in [0.717, 1.165) is 11.3 Å². The number of hydrogen-bond donors (Lipinski definition) is 2. The molecule has 1 aliphatic heterocycles. The summed E-state index contributed by atoms with van der Waals surface area (Å²) in [5.41, 5.74) is 2.25. The van der Waals surface area contributed by atoms with Crippen LogP contribution in [-0.4, -0.2) is 37.5 Å². The summed E-state index contributed by atoms with van der Waals surface area (Å²) in [5, 5.41) is 6.29. The van der Waals surface area contributed by atoms with Crippen molar-refractivity contribution in [3.05, 3.63) is 83.4 Å². The highest BCUT2D eigenvalue weighted by Gasteiger charge is 2.35. The molecule has 1 fully saturated rings. The second-order valence-corrected chi connectivity index (χ2v) is 8.97. The first kappa shape index (κ1) is 26.0. The summed E-state index contributed by atoms with van der Waals surface area (Å²) in [7, 11) is 0. The molecule has 4 rings (SSSR count). The van der Waals surface area contributed by atoms with Gasteiger partial charge in [0.25, 0.3) is 5.91 Å². The van der Waals surface area contributed by atoms with E-state index in [9.17, 15) is 14.4 Å². The average molecular weight is 522 g/mol. The van der Waals surface area contributed by atoms with Crippen molar-refractivity contribution in [1.82, 2.24) is 5.32 Å². The minimum Gasteiger partial charge on any atom is -0.494 e. The van der Waals surface area contributed by atoms with E-state index < -0.39 is 5.92 Å². The van der Waals surface area contributed by atoms with E-state index in [2.05, 4.69) is 10.6 Å². The van der Waals surface area contributed by atoms with Crippen LogP contribution in [0.1, 0.15) is 18.9 Å². The first-order chi connectivity index (χ1) is 17.9. The molecule has 1 heterocycles. The number of rotatable bonds is 10. The van der Waals surface area contributed by atoms with E-state index in [0.29, 0.717) is 41.8 Å². The van der Waals surface area contributed by atoms with Crippen LogP contribution in [0.2, 0.25) is 5.02 Å². The van der Waals surface area contributed by atoms with Gasteiger partial charge in [-0.1, -0.05) is 23.7 Å². The molecule has 1 saturated heterocycles. The van der Waals surface area contributed by atoms with Gasteiger partial charge in [0, 0.05) is 35.9 Å². The highest BCUT2D eigenvalue weighted by molar-refractivity contribution is 6.30. The summed E-state index contributed by atoms with van der Waals surface area (Å²) in [6.45, 7) is 2.99. The zero-order chi connectivity index (χ0) is 26.2. The Labute approximate surface area is 220 Å². The smallest absolute Gasteiger partial charge is 0.262 e. The first-order valence-corrected chi connectivity index (χ1v) is 12.4. The number of carbonyl (C=O) groups excluding carboxylic acids is 3. The van der Waals surface area contributed by atoms with Crippen LogP contribution in [0.25, 0.3) is 0 Å². The number of carbonyl (C=O) groups is 3. The van der Waals surface area contributed by atoms with Crippen LogP contribution in [0, 0.1) is 5.92 Å². The van der Waals surface area contributed by atoms with Crippen LogP contribution >= 0.6 is 11.6 Å². The third-order valence-corrected chi connectivity index (χ3v) is 6.10. The van der Waals surface area contributed by atoms with Crippen LogP contribution < -0.4 is 25.0 Å². The van der Waals surface area contributed by atoms with E-state index >= 15 is 0 Å². The van der Waals surface area contributed by atoms with Gasteiger partial charge in [0.15, 0.2) is 6.61 Å². The summed E-state index contributed by atoms with van der Waals surface area (Å²) in [6.07, 6.45) is 0.149. The predicted molar refractivity (Wildman–Crippen MR) is 142 cm³/mol. The number of nitrogens with one attached hydrogen (secondary N) is 2. The van der Waals surface area contributed by atoms with Crippen molar-refractivity contribution < 1.29 is 23.9 Å². The van der Waals surface area contributed by atoms with Crippen LogP contribution in [0.4, 0.5) is 11.4 Å². The topological polar surface area (TPSA) is 97.0 Å². The molecule has 192 valence electrons. The van der Waals surface area contributed by atoms with E-state index in [1.165, 1.54) is 0 Å². The number of halogens is 1. The molecule has 1 aliphatic rings. The fourth-order valence-electron chi connectivity index (χ4n) is 3.94. The molecule has 0 saturated carbocycles. The zero-order valence-electron chi connectivity index (χ0n) is 20.4. The van der Waals surface area contributed by atoms with Crippen LogP contribution in [0.15, 0.2) is 72.8 Å². The van der Waals surface area contributed by atoms with Gasteiger partial charge >= 0.3 is 0 Å². The Morgan fingerprint density at radius 1 is 0.946 bits per heavy atom. The summed E-state index contributed by atoms with van der Waals surface area (Å²) >= 11 is 5.89. The molecule has 0 aromatic heterocycles. The Morgan fingerprint density at radius 3 is 2.27 bits per heavy atom. The van der Waals surface area contributed by atoms with Gasteiger partial charge in [-0.3, -0.25) is 14.4 Å². The molecule has 0 aliphatic carbocycles. The maximum atomic E-state index is 12.6. The number of anilines is 2. The third kappa shape index (κ3) is 7.24. The van der Waals surface area contributed by atoms with Crippen LogP contribution in [-0.2, 0) is 20.9 Å². The lowest BCUT2D eigenvalue weighted by molar-refractivity contribution is -0.126. The highest BCUT2D eigenvalue weighted by Crippen LogP contribution is 2.27. The van der Waals surface area contributed by atoms with E-state index in [4.69, 9.17) is 21.1 Å². The Kier molecular flexibility index (Phi) is 8.64. The van der Waals surface area contributed by atoms with Crippen LogP contribution in [0.3, 0.4) is 0 Å². The van der Waals surface area contributed by atoms with Gasteiger partial charge in [0.1, 0.15) is 11.5 Å². The minimum absolute atomic E-state index is 0.116. The summed E-state index contributed by atoms with van der Waals surface area (Å²) < 4.78 is 11.0. The van der Waals surface area contributed by atoms with E-state index in [1.54, 1.807) is 65.6 Å². The number of ether oxygens (including phenoxy) is 2. The van der Waals surface area contributed by atoms with E-state index in [1.807, 2.05) is 19.1 Å². The third-order valence-electron chi connectivity index (χ3n) is 5.84. The standard InChI is InChI=1S/C28H28ClN3O5/c1-2-36-24-11-7-22(8-12-24)31-26(33)18-37-25-13-9-23(10-14-25)32-17-20(15-27(32)34)28(35)30-16-19-3-5-21(29)6-4-19/h3-14,20H,2,15-18H2,1H3,(H,30,35)(H,31,33)/t20-/m1/s1. The minimum atomic E-state index is -0.429. The van der Waals surface area contributed by atoms with Gasteiger partial charge < -0.3 is 25.0 Å². The molecular formula is C28H28ClN3O5. The van der Waals surface area contributed by atoms with Crippen molar-refractivity contribution in [3.8, 4) is 11.5 Å². The predicted octanol–water partition coefficient (Wildman–Crippen LogP) is 4.43. The Hall–Kier alpha value is -4.04. The summed E-state index contributed by atoms with van der Waals surface area (Å²) in [4.78, 5) is 39.0. The lowest BCUT2D eigenvalue weighted by atomic mass is 10.1. The molecule has 0 unspecified atom stereocenters. The van der Waals surface area contributed by atoms with Gasteiger partial charge in [-0.2, -0.15) is 0 Å². The van der Waals surface area contributed by atoms with Crippen molar-refractivity contribution in [3.63, 3.8) is 0 Å². The van der Waals surface area contributed by atoms with Crippen molar-refractivity contribution in [2.75, 3.05) is 30.0 Å².